The van der Waals surface area contributed by atoms with E-state index in [0.717, 1.165) is 24.4 Å². The van der Waals surface area contributed by atoms with E-state index >= 15 is 0 Å². The van der Waals surface area contributed by atoms with E-state index in [1.807, 2.05) is 0 Å². The van der Waals surface area contributed by atoms with E-state index in [1.54, 1.807) is 6.33 Å². The van der Waals surface area contributed by atoms with E-state index in [0.29, 0.717) is 12.0 Å². The summed E-state index contributed by atoms with van der Waals surface area (Å²) < 4.78 is 0. The van der Waals surface area contributed by atoms with Crippen molar-refractivity contribution in [3.05, 3.63) is 53.1 Å². The fourth-order valence-corrected chi connectivity index (χ4v) is 2.35. The van der Waals surface area contributed by atoms with Gasteiger partial charge in [0.05, 0.1) is 12.0 Å². The summed E-state index contributed by atoms with van der Waals surface area (Å²) in [5.74, 6) is 0.707. The molecule has 108 valence electrons. The second kappa shape index (κ2) is 6.71. The van der Waals surface area contributed by atoms with Gasteiger partial charge in [0, 0.05) is 18.3 Å². The van der Waals surface area contributed by atoms with Crippen molar-refractivity contribution in [1.82, 2.24) is 15.3 Å². The molecule has 1 aromatic heterocycles. The summed E-state index contributed by atoms with van der Waals surface area (Å²) in [4.78, 5) is 7.42. The molecule has 0 amide bonds. The maximum Gasteiger partial charge on any atom is 0.0925 e. The Kier molecular flexibility index (Phi) is 4.96. The van der Waals surface area contributed by atoms with E-state index in [1.165, 1.54) is 11.1 Å². The van der Waals surface area contributed by atoms with Crippen molar-refractivity contribution in [2.24, 2.45) is 5.92 Å². The average molecular weight is 271 g/mol. The number of hydrogen-bond acceptors (Lipinski definition) is 2. The molecule has 1 atom stereocenters. The van der Waals surface area contributed by atoms with Gasteiger partial charge in [-0.2, -0.15) is 0 Å². The third-order valence-corrected chi connectivity index (χ3v) is 3.63. The maximum absolute atomic E-state index is 4.31. The summed E-state index contributed by atoms with van der Waals surface area (Å²) in [7, 11) is 0. The SMILES string of the molecule is Cc1[nH]cnc1CNC(C)c1ccc(CC(C)C)cc1. The van der Waals surface area contributed by atoms with Crippen LogP contribution in [-0.2, 0) is 13.0 Å². The summed E-state index contributed by atoms with van der Waals surface area (Å²) in [5.41, 5.74) is 4.97. The number of hydrogen-bond donors (Lipinski definition) is 2. The number of aromatic amines is 1. The Hall–Kier alpha value is -1.61. The Morgan fingerprint density at radius 2 is 1.85 bits per heavy atom. The molecule has 0 aliphatic heterocycles. The second-order valence-corrected chi connectivity index (χ2v) is 5.92. The molecule has 0 aliphatic rings. The molecule has 2 rings (SSSR count). The molecule has 0 saturated heterocycles. The predicted molar refractivity (Wildman–Crippen MR) is 83.6 cm³/mol. The minimum atomic E-state index is 0.333. The molecule has 0 spiro atoms. The van der Waals surface area contributed by atoms with Crippen LogP contribution >= 0.6 is 0 Å². The van der Waals surface area contributed by atoms with Crippen LogP contribution in [0, 0.1) is 12.8 Å². The third kappa shape index (κ3) is 3.94. The molecule has 3 heteroatoms. The van der Waals surface area contributed by atoms with Crippen molar-refractivity contribution in [3.8, 4) is 0 Å². The first-order valence-electron chi connectivity index (χ1n) is 7.37. The normalized spacial score (nSPS) is 12.8. The highest BCUT2D eigenvalue weighted by Gasteiger charge is 2.07. The van der Waals surface area contributed by atoms with Crippen molar-refractivity contribution in [2.75, 3.05) is 0 Å². The molecule has 2 aromatic rings. The standard InChI is InChI=1S/C17H25N3/c1-12(2)9-15-5-7-16(8-6-15)13(3)18-10-17-14(4)19-11-20-17/h5-8,11-13,18H,9-10H2,1-4H3,(H,19,20). The topological polar surface area (TPSA) is 40.7 Å². The van der Waals surface area contributed by atoms with Crippen molar-refractivity contribution in [3.63, 3.8) is 0 Å². The minimum Gasteiger partial charge on any atom is -0.348 e. The van der Waals surface area contributed by atoms with Crippen molar-refractivity contribution in [1.29, 1.82) is 0 Å². The first-order valence-corrected chi connectivity index (χ1v) is 7.37. The lowest BCUT2D eigenvalue weighted by Crippen LogP contribution is -2.18. The van der Waals surface area contributed by atoms with Gasteiger partial charge < -0.3 is 10.3 Å². The first-order chi connectivity index (χ1) is 9.56. The van der Waals surface area contributed by atoms with Gasteiger partial charge in [-0.3, -0.25) is 0 Å². The van der Waals surface area contributed by atoms with E-state index in [-0.39, 0.29) is 0 Å². The molecule has 0 radical (unpaired) electrons. The Bertz CT molecular complexity index is 525. The minimum absolute atomic E-state index is 0.333. The molecule has 3 nitrogen and oxygen atoms in total. The number of benzene rings is 1. The lowest BCUT2D eigenvalue weighted by atomic mass is 10.00. The fraction of sp³-hybridized carbons (Fsp3) is 0.471. The molecule has 0 bridgehead atoms. The van der Waals surface area contributed by atoms with Gasteiger partial charge in [-0.05, 0) is 37.3 Å². The highest BCUT2D eigenvalue weighted by Crippen LogP contribution is 2.16. The van der Waals surface area contributed by atoms with Crippen LogP contribution in [0.4, 0.5) is 0 Å². The summed E-state index contributed by atoms with van der Waals surface area (Å²) >= 11 is 0. The van der Waals surface area contributed by atoms with Crippen molar-refractivity contribution in [2.45, 2.75) is 46.7 Å². The first kappa shape index (κ1) is 14.8. The Morgan fingerprint density at radius 1 is 1.15 bits per heavy atom. The molecular formula is C17H25N3. The van der Waals surface area contributed by atoms with Crippen LogP contribution in [0.25, 0.3) is 0 Å². The molecular weight excluding hydrogens is 246 g/mol. The fourth-order valence-electron chi connectivity index (χ4n) is 2.35. The third-order valence-electron chi connectivity index (χ3n) is 3.63. The quantitative estimate of drug-likeness (QED) is 0.839. The number of imidazole rings is 1. The van der Waals surface area contributed by atoms with Gasteiger partial charge in [0.15, 0.2) is 0 Å². The van der Waals surface area contributed by atoms with E-state index in [9.17, 15) is 0 Å². The molecule has 1 heterocycles. The zero-order chi connectivity index (χ0) is 14.5. The average Bonchev–Trinajstić information content (AvgIpc) is 2.82. The monoisotopic (exact) mass is 271 g/mol. The molecule has 20 heavy (non-hydrogen) atoms. The van der Waals surface area contributed by atoms with Crippen LogP contribution in [0.3, 0.4) is 0 Å². The van der Waals surface area contributed by atoms with Crippen molar-refractivity contribution >= 4 is 0 Å². The highest BCUT2D eigenvalue weighted by molar-refractivity contribution is 5.25. The highest BCUT2D eigenvalue weighted by atomic mass is 15.0. The molecule has 1 unspecified atom stereocenters. The van der Waals surface area contributed by atoms with Gasteiger partial charge in [-0.25, -0.2) is 4.98 Å². The van der Waals surface area contributed by atoms with Gasteiger partial charge in [0.25, 0.3) is 0 Å². The maximum atomic E-state index is 4.31. The predicted octanol–water partition coefficient (Wildman–Crippen LogP) is 3.77. The second-order valence-electron chi connectivity index (χ2n) is 5.92. The number of nitrogens with one attached hydrogen (secondary N) is 2. The number of rotatable bonds is 6. The largest absolute Gasteiger partial charge is 0.348 e. The smallest absolute Gasteiger partial charge is 0.0925 e. The van der Waals surface area contributed by atoms with Gasteiger partial charge in [-0.15, -0.1) is 0 Å². The van der Waals surface area contributed by atoms with Gasteiger partial charge in [-0.1, -0.05) is 38.1 Å². The summed E-state index contributed by atoms with van der Waals surface area (Å²) in [5, 5.41) is 3.52. The summed E-state index contributed by atoms with van der Waals surface area (Å²) in [6.07, 6.45) is 2.90. The van der Waals surface area contributed by atoms with Crippen LogP contribution in [0.1, 0.15) is 49.3 Å². The zero-order valence-corrected chi connectivity index (χ0v) is 12.9. The number of H-pyrrole nitrogens is 1. The Labute approximate surface area is 121 Å². The van der Waals surface area contributed by atoms with Gasteiger partial charge in [0.2, 0.25) is 0 Å². The zero-order valence-electron chi connectivity index (χ0n) is 12.9. The van der Waals surface area contributed by atoms with Crippen LogP contribution in [0.5, 0.6) is 0 Å². The molecule has 1 aromatic carbocycles. The molecule has 2 N–H and O–H groups in total. The summed E-state index contributed by atoms with van der Waals surface area (Å²) in [6.45, 7) is 9.55. The lowest BCUT2D eigenvalue weighted by Gasteiger charge is -2.14. The molecule has 0 saturated carbocycles. The lowest BCUT2D eigenvalue weighted by molar-refractivity contribution is 0.567. The van der Waals surface area contributed by atoms with Crippen LogP contribution in [0.15, 0.2) is 30.6 Å². The van der Waals surface area contributed by atoms with Gasteiger partial charge >= 0.3 is 0 Å². The molecule has 0 aliphatic carbocycles. The number of aryl methyl sites for hydroxylation is 1. The van der Waals surface area contributed by atoms with E-state index in [2.05, 4.69) is 67.2 Å². The Balaban J connectivity index is 1.92. The number of aromatic nitrogens is 2. The van der Waals surface area contributed by atoms with Crippen LogP contribution < -0.4 is 5.32 Å². The van der Waals surface area contributed by atoms with Crippen LogP contribution in [0.2, 0.25) is 0 Å². The van der Waals surface area contributed by atoms with E-state index < -0.39 is 0 Å². The number of nitrogens with zero attached hydrogens (tertiary/aromatic N) is 1. The Morgan fingerprint density at radius 3 is 2.40 bits per heavy atom. The van der Waals surface area contributed by atoms with Gasteiger partial charge in [0.1, 0.15) is 0 Å². The molecule has 0 fully saturated rings. The summed E-state index contributed by atoms with van der Waals surface area (Å²) in [6, 6.07) is 9.28. The van der Waals surface area contributed by atoms with Crippen LogP contribution in [-0.4, -0.2) is 9.97 Å². The van der Waals surface area contributed by atoms with Crippen molar-refractivity contribution < 1.29 is 0 Å². The van der Waals surface area contributed by atoms with E-state index in [4.69, 9.17) is 0 Å².